The van der Waals surface area contributed by atoms with Crippen LogP contribution in [0, 0.1) is 35.5 Å². The van der Waals surface area contributed by atoms with E-state index in [1.54, 1.807) is 0 Å². The van der Waals surface area contributed by atoms with Crippen molar-refractivity contribution in [1.82, 2.24) is 0 Å². The van der Waals surface area contributed by atoms with E-state index >= 15 is 0 Å². The van der Waals surface area contributed by atoms with Crippen LogP contribution in [0.15, 0.2) is 158 Å². The van der Waals surface area contributed by atoms with Gasteiger partial charge in [0.25, 0.3) is 0 Å². The van der Waals surface area contributed by atoms with Crippen LogP contribution in [0.4, 0.5) is 0 Å². The monoisotopic (exact) mass is 530 g/mol. The van der Waals surface area contributed by atoms with Crippen molar-refractivity contribution in [3.63, 3.8) is 0 Å². The maximum absolute atomic E-state index is 3.56. The highest BCUT2D eigenvalue weighted by Crippen LogP contribution is 2.38. The molecule has 42 heavy (non-hydrogen) atoms. The standard InChI is InChI=1S/C42H26/c1-6-16-33(17-7-1)26-29-38-32-41(36-22-12-4-13-23-36)42(37-24-14-5-15-25-37)40(31-28-35-20-10-3-11-21-35)39(38)30-27-34-18-8-2-9-19-34/h1-25,32H. The van der Waals surface area contributed by atoms with Gasteiger partial charge in [0.05, 0.1) is 11.1 Å². The highest BCUT2D eigenvalue weighted by atomic mass is 14.2. The van der Waals surface area contributed by atoms with E-state index in [1.807, 2.05) is 103 Å². The second kappa shape index (κ2) is 12.9. The Bertz CT molecular complexity index is 1990. The lowest BCUT2D eigenvalue weighted by Crippen LogP contribution is -1.99. The molecule has 0 saturated heterocycles. The maximum Gasteiger partial charge on any atom is 0.0569 e. The summed E-state index contributed by atoms with van der Waals surface area (Å²) < 4.78 is 0. The van der Waals surface area contributed by atoms with Gasteiger partial charge in [0, 0.05) is 27.8 Å². The molecule has 194 valence electrons. The summed E-state index contributed by atoms with van der Waals surface area (Å²) in [5.41, 5.74) is 9.67. The van der Waals surface area contributed by atoms with E-state index in [0.717, 1.165) is 55.6 Å². The van der Waals surface area contributed by atoms with Crippen molar-refractivity contribution in [2.75, 3.05) is 0 Å². The quantitative estimate of drug-likeness (QED) is 0.196. The average molecular weight is 531 g/mol. The molecule has 0 N–H and O–H groups in total. The van der Waals surface area contributed by atoms with Crippen LogP contribution in [0.25, 0.3) is 22.3 Å². The van der Waals surface area contributed by atoms with Crippen molar-refractivity contribution in [2.24, 2.45) is 0 Å². The predicted molar refractivity (Wildman–Crippen MR) is 175 cm³/mol. The van der Waals surface area contributed by atoms with E-state index in [1.165, 1.54) is 0 Å². The Kier molecular flexibility index (Phi) is 8.06. The predicted octanol–water partition coefficient (Wildman–Crippen LogP) is 9.22. The van der Waals surface area contributed by atoms with Gasteiger partial charge in [-0.05, 0) is 59.2 Å². The lowest BCUT2D eigenvalue weighted by atomic mass is 9.85. The van der Waals surface area contributed by atoms with Crippen molar-refractivity contribution in [1.29, 1.82) is 0 Å². The Morgan fingerprint density at radius 2 is 0.690 bits per heavy atom. The minimum atomic E-state index is 0.823. The lowest BCUT2D eigenvalue weighted by molar-refractivity contribution is 1.49. The molecular weight excluding hydrogens is 504 g/mol. The van der Waals surface area contributed by atoms with Crippen LogP contribution in [-0.2, 0) is 0 Å². The van der Waals surface area contributed by atoms with E-state index < -0.39 is 0 Å². The molecule has 0 aliphatic carbocycles. The molecule has 0 unspecified atom stereocenters. The minimum absolute atomic E-state index is 0.823. The Morgan fingerprint density at radius 3 is 1.17 bits per heavy atom. The fourth-order valence-electron chi connectivity index (χ4n) is 4.76. The van der Waals surface area contributed by atoms with E-state index in [2.05, 4.69) is 90.1 Å². The van der Waals surface area contributed by atoms with E-state index in [0.29, 0.717) is 0 Å². The average Bonchev–Trinajstić information content (AvgIpc) is 3.07. The van der Waals surface area contributed by atoms with Crippen molar-refractivity contribution in [3.8, 4) is 57.8 Å². The van der Waals surface area contributed by atoms with Crippen LogP contribution in [0.3, 0.4) is 0 Å². The molecule has 0 spiro atoms. The number of benzene rings is 6. The van der Waals surface area contributed by atoms with Gasteiger partial charge in [-0.15, -0.1) is 0 Å². The zero-order valence-electron chi connectivity index (χ0n) is 23.0. The van der Waals surface area contributed by atoms with Crippen LogP contribution in [-0.4, -0.2) is 0 Å². The fourth-order valence-corrected chi connectivity index (χ4v) is 4.76. The Balaban J connectivity index is 1.71. The normalized spacial score (nSPS) is 9.81. The first-order valence-corrected chi connectivity index (χ1v) is 13.9. The summed E-state index contributed by atoms with van der Waals surface area (Å²) >= 11 is 0. The van der Waals surface area contributed by atoms with Crippen LogP contribution in [0.5, 0.6) is 0 Å². The molecular formula is C42H26. The fraction of sp³-hybridized carbons (Fsp3) is 0. The molecule has 0 bridgehead atoms. The topological polar surface area (TPSA) is 0 Å². The van der Waals surface area contributed by atoms with Crippen molar-refractivity contribution < 1.29 is 0 Å². The molecule has 6 aromatic rings. The Morgan fingerprint density at radius 1 is 0.310 bits per heavy atom. The van der Waals surface area contributed by atoms with Gasteiger partial charge in [0.1, 0.15) is 0 Å². The highest BCUT2D eigenvalue weighted by molar-refractivity contribution is 5.91. The van der Waals surface area contributed by atoms with Gasteiger partial charge in [-0.25, -0.2) is 0 Å². The third kappa shape index (κ3) is 6.24. The van der Waals surface area contributed by atoms with Gasteiger partial charge in [-0.2, -0.15) is 0 Å². The molecule has 0 amide bonds. The van der Waals surface area contributed by atoms with E-state index in [4.69, 9.17) is 0 Å². The Hall–Kier alpha value is -6.00. The summed E-state index contributed by atoms with van der Waals surface area (Å²) in [4.78, 5) is 0. The second-order valence-electron chi connectivity index (χ2n) is 9.68. The molecule has 6 aromatic carbocycles. The van der Waals surface area contributed by atoms with Gasteiger partial charge in [-0.1, -0.05) is 151 Å². The molecule has 0 aliphatic heterocycles. The smallest absolute Gasteiger partial charge is 0.0569 e. The van der Waals surface area contributed by atoms with Crippen molar-refractivity contribution in [2.45, 2.75) is 0 Å². The molecule has 0 nitrogen and oxygen atoms in total. The Labute approximate surface area is 248 Å². The summed E-state index contributed by atoms with van der Waals surface area (Å²) in [7, 11) is 0. The van der Waals surface area contributed by atoms with Gasteiger partial charge in [0.15, 0.2) is 0 Å². The maximum atomic E-state index is 3.56. The number of rotatable bonds is 2. The van der Waals surface area contributed by atoms with Crippen molar-refractivity contribution >= 4 is 0 Å². The first-order valence-electron chi connectivity index (χ1n) is 13.9. The molecule has 0 radical (unpaired) electrons. The molecule has 0 saturated carbocycles. The SMILES string of the molecule is C(#Cc1cc(-c2ccccc2)c(-c2ccccc2)c(C#Cc2ccccc2)c1C#Cc1ccccc1)c1ccccc1. The van der Waals surface area contributed by atoms with Gasteiger partial charge in [-0.3, -0.25) is 0 Å². The van der Waals surface area contributed by atoms with Crippen LogP contribution in [0.1, 0.15) is 33.4 Å². The molecule has 0 fully saturated rings. The molecule has 6 rings (SSSR count). The van der Waals surface area contributed by atoms with Crippen molar-refractivity contribution in [3.05, 3.63) is 191 Å². The third-order valence-corrected chi connectivity index (χ3v) is 6.80. The van der Waals surface area contributed by atoms with Gasteiger partial charge in [0.2, 0.25) is 0 Å². The van der Waals surface area contributed by atoms with Crippen LogP contribution >= 0.6 is 0 Å². The lowest BCUT2D eigenvalue weighted by Gasteiger charge is -2.17. The minimum Gasteiger partial charge on any atom is -0.0622 e. The summed E-state index contributed by atoms with van der Waals surface area (Å²) in [5, 5.41) is 0. The van der Waals surface area contributed by atoms with Crippen LogP contribution in [0.2, 0.25) is 0 Å². The number of hydrogen-bond acceptors (Lipinski definition) is 0. The van der Waals surface area contributed by atoms with E-state index in [-0.39, 0.29) is 0 Å². The largest absolute Gasteiger partial charge is 0.0622 e. The first-order chi connectivity index (χ1) is 20.8. The molecule has 0 heteroatoms. The van der Waals surface area contributed by atoms with Gasteiger partial charge < -0.3 is 0 Å². The van der Waals surface area contributed by atoms with Gasteiger partial charge >= 0.3 is 0 Å². The first kappa shape index (κ1) is 26.2. The molecule has 0 atom stereocenters. The summed E-state index contributed by atoms with van der Waals surface area (Å²) in [6.07, 6.45) is 0. The van der Waals surface area contributed by atoms with E-state index in [9.17, 15) is 0 Å². The molecule has 0 aromatic heterocycles. The zero-order valence-corrected chi connectivity index (χ0v) is 23.0. The molecule has 0 heterocycles. The number of hydrogen-bond donors (Lipinski definition) is 0. The summed E-state index contributed by atoms with van der Waals surface area (Å²) in [6, 6.07) is 53.3. The summed E-state index contributed by atoms with van der Waals surface area (Å²) in [5.74, 6) is 20.7. The highest BCUT2D eigenvalue weighted by Gasteiger charge is 2.18. The van der Waals surface area contributed by atoms with Crippen LogP contribution < -0.4 is 0 Å². The molecule has 0 aliphatic rings. The summed E-state index contributed by atoms with van der Waals surface area (Å²) in [6.45, 7) is 0. The second-order valence-corrected chi connectivity index (χ2v) is 9.68. The third-order valence-electron chi connectivity index (χ3n) is 6.80. The zero-order chi connectivity index (χ0) is 28.4.